The molecule has 0 saturated heterocycles. The van der Waals surface area contributed by atoms with Gasteiger partial charge in [0.1, 0.15) is 12.0 Å². The molecule has 0 radical (unpaired) electrons. The fourth-order valence-electron chi connectivity index (χ4n) is 2.39. The van der Waals surface area contributed by atoms with Crippen LogP contribution in [-0.2, 0) is 26.1 Å². The number of imide groups is 1. The Kier molecular flexibility index (Phi) is 7.48. The number of pyridine rings is 1. The molecule has 30 heavy (non-hydrogen) atoms. The Morgan fingerprint density at radius 2 is 1.80 bits per heavy atom. The molecule has 1 heterocycles. The standard InChI is InChI=1S/C19H22N4O6S/c1-4-20-19(26)21-17(24)12-23-10-9-14(18(25)29-3)11-16(23)22-30(27,28)15-7-5-13(2)6-8-15/h5-11H,4,12H2,1-3H3,(H2,20,21,24,26)/b22-16+. The van der Waals surface area contributed by atoms with Crippen molar-refractivity contribution in [2.24, 2.45) is 4.40 Å². The van der Waals surface area contributed by atoms with Gasteiger partial charge in [0.05, 0.1) is 17.6 Å². The van der Waals surface area contributed by atoms with Gasteiger partial charge in [-0.25, -0.2) is 9.59 Å². The number of aromatic nitrogens is 1. The van der Waals surface area contributed by atoms with Crippen molar-refractivity contribution in [1.82, 2.24) is 15.2 Å². The Morgan fingerprint density at radius 1 is 1.13 bits per heavy atom. The molecule has 2 aromatic rings. The number of carbonyl (C=O) groups is 3. The smallest absolute Gasteiger partial charge is 0.338 e. The van der Waals surface area contributed by atoms with Crippen molar-refractivity contribution in [3.63, 3.8) is 0 Å². The van der Waals surface area contributed by atoms with Crippen molar-refractivity contribution >= 4 is 27.9 Å². The van der Waals surface area contributed by atoms with E-state index in [2.05, 4.69) is 19.8 Å². The summed E-state index contributed by atoms with van der Waals surface area (Å²) < 4.78 is 35.0. The highest BCUT2D eigenvalue weighted by molar-refractivity contribution is 7.90. The second-order valence-corrected chi connectivity index (χ2v) is 7.78. The number of sulfonamides is 1. The number of nitrogens with one attached hydrogen (secondary N) is 2. The number of esters is 1. The van der Waals surface area contributed by atoms with Crippen LogP contribution in [0.4, 0.5) is 4.79 Å². The average Bonchev–Trinajstić information content (AvgIpc) is 2.68. The maximum atomic E-state index is 12.7. The van der Waals surface area contributed by atoms with Gasteiger partial charge in [-0.1, -0.05) is 17.7 Å². The number of benzene rings is 1. The van der Waals surface area contributed by atoms with Gasteiger partial charge in [0.25, 0.3) is 10.0 Å². The van der Waals surface area contributed by atoms with Gasteiger partial charge in [-0.05, 0) is 38.1 Å². The molecule has 0 spiro atoms. The van der Waals surface area contributed by atoms with Crippen LogP contribution in [0.2, 0.25) is 0 Å². The van der Waals surface area contributed by atoms with Crippen LogP contribution in [0.5, 0.6) is 0 Å². The molecule has 1 aromatic carbocycles. The first-order chi connectivity index (χ1) is 14.2. The molecule has 0 saturated carbocycles. The summed E-state index contributed by atoms with van der Waals surface area (Å²) in [5.74, 6) is -1.39. The van der Waals surface area contributed by atoms with E-state index in [1.807, 2.05) is 6.92 Å². The molecule has 0 aliphatic heterocycles. The number of hydrogen-bond acceptors (Lipinski definition) is 6. The van der Waals surface area contributed by atoms with Crippen LogP contribution >= 0.6 is 0 Å². The number of rotatable bonds is 6. The zero-order valence-corrected chi connectivity index (χ0v) is 17.5. The van der Waals surface area contributed by atoms with Gasteiger partial charge in [0.15, 0.2) is 0 Å². The Morgan fingerprint density at radius 3 is 2.40 bits per heavy atom. The highest BCUT2D eigenvalue weighted by atomic mass is 32.2. The van der Waals surface area contributed by atoms with E-state index in [4.69, 9.17) is 0 Å². The van der Waals surface area contributed by atoms with E-state index in [9.17, 15) is 22.8 Å². The molecule has 11 heteroatoms. The minimum absolute atomic E-state index is 0.0464. The van der Waals surface area contributed by atoms with Gasteiger partial charge in [-0.2, -0.15) is 8.42 Å². The first kappa shape index (κ1) is 22.8. The fourth-order valence-corrected chi connectivity index (χ4v) is 3.38. The van der Waals surface area contributed by atoms with Gasteiger partial charge in [0, 0.05) is 12.7 Å². The molecule has 1 aromatic heterocycles. The maximum absolute atomic E-state index is 12.7. The van der Waals surface area contributed by atoms with Gasteiger partial charge in [-0.15, -0.1) is 4.40 Å². The SMILES string of the molecule is CCNC(=O)NC(=O)Cn1ccc(C(=O)OC)c/c1=N\S(=O)(=O)c1ccc(C)cc1. The first-order valence-electron chi connectivity index (χ1n) is 8.90. The predicted molar refractivity (Wildman–Crippen MR) is 107 cm³/mol. The van der Waals surface area contributed by atoms with E-state index in [-0.39, 0.29) is 15.9 Å². The van der Waals surface area contributed by atoms with E-state index >= 15 is 0 Å². The lowest BCUT2D eigenvalue weighted by atomic mass is 10.2. The zero-order chi connectivity index (χ0) is 22.3. The Hall–Kier alpha value is -3.47. The van der Waals surface area contributed by atoms with Crippen LogP contribution in [0.1, 0.15) is 22.8 Å². The summed E-state index contributed by atoms with van der Waals surface area (Å²) in [6.45, 7) is 3.43. The maximum Gasteiger partial charge on any atom is 0.338 e. The summed E-state index contributed by atoms with van der Waals surface area (Å²) in [7, 11) is -2.94. The Labute approximate surface area is 173 Å². The van der Waals surface area contributed by atoms with Gasteiger partial charge < -0.3 is 14.6 Å². The number of ether oxygens (including phenoxy) is 1. The molecular weight excluding hydrogens is 412 g/mol. The van der Waals surface area contributed by atoms with Gasteiger partial charge in [0.2, 0.25) is 5.91 Å². The molecule has 2 rings (SSSR count). The predicted octanol–water partition coefficient (Wildman–Crippen LogP) is 0.718. The second kappa shape index (κ2) is 9.83. The number of methoxy groups -OCH3 is 1. The molecule has 0 aliphatic rings. The quantitative estimate of drug-likeness (QED) is 0.643. The van der Waals surface area contributed by atoms with Gasteiger partial charge in [-0.3, -0.25) is 10.1 Å². The largest absolute Gasteiger partial charge is 0.465 e. The van der Waals surface area contributed by atoms with Crippen LogP contribution in [0.15, 0.2) is 51.9 Å². The highest BCUT2D eigenvalue weighted by Crippen LogP contribution is 2.12. The summed E-state index contributed by atoms with van der Waals surface area (Å²) in [5.41, 5.74) is 0.749. The minimum Gasteiger partial charge on any atom is -0.465 e. The number of amides is 3. The van der Waals surface area contributed by atoms with E-state index in [0.717, 1.165) is 5.56 Å². The summed E-state index contributed by atoms with van der Waals surface area (Å²) in [6.07, 6.45) is 1.31. The Bertz CT molecular complexity index is 1120. The lowest BCUT2D eigenvalue weighted by Gasteiger charge is -2.10. The molecule has 3 amide bonds. The van der Waals surface area contributed by atoms with Crippen LogP contribution in [0.3, 0.4) is 0 Å². The molecule has 0 bridgehead atoms. The summed E-state index contributed by atoms with van der Waals surface area (Å²) in [5, 5.41) is 4.53. The summed E-state index contributed by atoms with van der Waals surface area (Å²) in [4.78, 5) is 35.4. The van der Waals surface area contributed by atoms with Crippen molar-refractivity contribution in [3.05, 3.63) is 59.2 Å². The highest BCUT2D eigenvalue weighted by Gasteiger charge is 2.15. The van der Waals surface area contributed by atoms with E-state index in [1.54, 1.807) is 19.1 Å². The third-order valence-corrected chi connectivity index (χ3v) is 5.17. The van der Waals surface area contributed by atoms with Crippen molar-refractivity contribution in [3.8, 4) is 0 Å². The summed E-state index contributed by atoms with van der Waals surface area (Å²) >= 11 is 0. The van der Waals surface area contributed by atoms with E-state index in [1.165, 1.54) is 42.1 Å². The average molecular weight is 434 g/mol. The number of aryl methyl sites for hydroxylation is 1. The number of carbonyl (C=O) groups excluding carboxylic acids is 3. The van der Waals surface area contributed by atoms with Crippen LogP contribution in [0.25, 0.3) is 0 Å². The topological polar surface area (TPSA) is 136 Å². The molecule has 0 unspecified atom stereocenters. The van der Waals surface area contributed by atoms with E-state index < -0.39 is 34.5 Å². The molecule has 10 nitrogen and oxygen atoms in total. The number of nitrogens with zero attached hydrogens (tertiary/aromatic N) is 2. The second-order valence-electron chi connectivity index (χ2n) is 6.18. The molecule has 2 N–H and O–H groups in total. The molecule has 0 fully saturated rings. The van der Waals surface area contributed by atoms with Gasteiger partial charge >= 0.3 is 12.0 Å². The van der Waals surface area contributed by atoms with E-state index in [0.29, 0.717) is 6.54 Å². The van der Waals surface area contributed by atoms with Crippen LogP contribution < -0.4 is 16.1 Å². The molecular formula is C19H22N4O6S. The first-order valence-corrected chi connectivity index (χ1v) is 10.3. The van der Waals surface area contributed by atoms with Crippen LogP contribution in [-0.4, -0.2) is 44.5 Å². The van der Waals surface area contributed by atoms with Crippen molar-refractivity contribution in [1.29, 1.82) is 0 Å². The van der Waals surface area contributed by atoms with Crippen LogP contribution in [0, 0.1) is 6.92 Å². The monoisotopic (exact) mass is 434 g/mol. The third kappa shape index (κ3) is 6.01. The normalized spacial score (nSPS) is 11.6. The lowest BCUT2D eigenvalue weighted by Crippen LogP contribution is -2.42. The molecule has 160 valence electrons. The van der Waals surface area contributed by atoms with Crippen molar-refractivity contribution in [2.75, 3.05) is 13.7 Å². The number of hydrogen-bond donors (Lipinski definition) is 2. The zero-order valence-electron chi connectivity index (χ0n) is 16.7. The third-order valence-electron chi connectivity index (χ3n) is 3.87. The minimum atomic E-state index is -4.13. The Balaban J connectivity index is 2.49. The molecule has 0 atom stereocenters. The lowest BCUT2D eigenvalue weighted by molar-refractivity contribution is -0.120. The summed E-state index contributed by atoms with van der Waals surface area (Å²) in [6, 6.07) is 7.93. The fraction of sp³-hybridized carbons (Fsp3) is 0.263. The molecule has 0 aliphatic carbocycles. The van der Waals surface area contributed by atoms with Crippen molar-refractivity contribution in [2.45, 2.75) is 25.3 Å². The number of urea groups is 1. The van der Waals surface area contributed by atoms with Crippen molar-refractivity contribution < 1.29 is 27.5 Å².